The van der Waals surface area contributed by atoms with Crippen LogP contribution in [-0.2, 0) is 55.8 Å². The van der Waals surface area contributed by atoms with Crippen LogP contribution in [0.25, 0.3) is 0 Å². The zero-order valence-corrected chi connectivity index (χ0v) is 49.6. The summed E-state index contributed by atoms with van der Waals surface area (Å²) in [6.45, 7) is 15.7. The Morgan fingerprint density at radius 1 is 0.976 bits per heavy atom. The number of aromatic nitrogens is 1. The molecule has 3 amide bonds. The molecule has 1 unspecified atom stereocenters. The Morgan fingerprint density at radius 2 is 1.71 bits per heavy atom. The molecule has 82 heavy (non-hydrogen) atoms. The van der Waals surface area contributed by atoms with Crippen molar-refractivity contribution in [2.24, 2.45) is 29.1 Å². The van der Waals surface area contributed by atoms with Crippen molar-refractivity contribution in [2.45, 2.75) is 161 Å². The lowest BCUT2D eigenvalue weighted by Gasteiger charge is -2.44. The first-order chi connectivity index (χ1) is 39.2. The average Bonchev–Trinajstić information content (AvgIpc) is 3.71. The quantitative estimate of drug-likeness (QED) is 0.0543. The molecule has 2 aliphatic carbocycles. The summed E-state index contributed by atoms with van der Waals surface area (Å²) in [6, 6.07) is 21.1. The zero-order valence-electron chi connectivity index (χ0n) is 48.8. The van der Waals surface area contributed by atoms with Crippen LogP contribution in [-0.4, -0.2) is 136 Å². The van der Waals surface area contributed by atoms with E-state index in [0.717, 1.165) is 66.7 Å². The summed E-state index contributed by atoms with van der Waals surface area (Å²) in [5.41, 5.74) is 2.88. The van der Waals surface area contributed by atoms with Gasteiger partial charge in [0.1, 0.15) is 42.5 Å². The van der Waals surface area contributed by atoms with Crippen LogP contribution in [0.1, 0.15) is 117 Å². The van der Waals surface area contributed by atoms with Gasteiger partial charge in [-0.3, -0.25) is 39.4 Å². The van der Waals surface area contributed by atoms with Gasteiger partial charge < -0.3 is 39.0 Å². The Labute approximate surface area is 487 Å². The van der Waals surface area contributed by atoms with Gasteiger partial charge in [0.2, 0.25) is 11.8 Å². The van der Waals surface area contributed by atoms with Gasteiger partial charge in [-0.25, -0.2) is 9.78 Å². The molecule has 2 aromatic carbocycles. The number of carboxylic acids is 1. The fourth-order valence-corrected chi connectivity index (χ4v) is 11.8. The maximum Gasteiger partial charge on any atom is 0.326 e. The standard InChI is InChI=1S/C25H38O5.C20H28N2O5.C18H19N3O3S/c1-6-25(4,5)24(28)30-21-12-15(2)11-17-8-7-16(3)20(23(17)21)10-9-19-13-18(26)14-22(27)29-19;1-3-27-20(26)16(12-11-15-8-5-4-6-9-15)21-14(2)18(23)22-13-7-10-17(22)19(24)25;1-21(16-4-2-3-9-19-16)10-11-24-14-7-5-13(6-8-14)12-15-17(22)20-18(23)25-15/h7-8,11,15-16,18-21,23,26H,6,9-10,12-14H2,1-5H3;4-6,8-9,14,16-17,21H,3,7,10-13H2,1-2H3,(H,24,25);2-9,15H,10-12H2,1H3,(H,20,22,23)/t15-,16-,18+,19+,20-,21-,23-;14-,16-,17-;/m00./s1. The highest BCUT2D eigenvalue weighted by molar-refractivity contribution is 8.15. The number of esters is 3. The van der Waals surface area contributed by atoms with Gasteiger partial charge in [0.25, 0.3) is 5.24 Å². The lowest BCUT2D eigenvalue weighted by atomic mass is 9.65. The minimum Gasteiger partial charge on any atom is -0.492 e. The summed E-state index contributed by atoms with van der Waals surface area (Å²) in [4.78, 5) is 91.4. The van der Waals surface area contributed by atoms with E-state index in [-0.39, 0.29) is 65.4 Å². The van der Waals surface area contributed by atoms with Crippen molar-refractivity contribution in [1.29, 1.82) is 0 Å². The van der Waals surface area contributed by atoms with E-state index in [1.165, 1.54) is 10.5 Å². The highest BCUT2D eigenvalue weighted by Gasteiger charge is 2.44. The molecule has 0 radical (unpaired) electrons. The average molecular weight is 1150 g/mol. The van der Waals surface area contributed by atoms with Crippen molar-refractivity contribution < 1.29 is 62.7 Å². The molecule has 0 saturated carbocycles. The number of thioether (sulfide) groups is 1. The van der Waals surface area contributed by atoms with E-state index in [2.05, 4.69) is 47.7 Å². The number of likely N-dealkylation sites (tertiary alicyclic amines) is 1. The number of benzene rings is 2. The monoisotopic (exact) mass is 1150 g/mol. The number of nitrogens with zero attached hydrogens (tertiary/aromatic N) is 3. The number of fused-ring (bicyclic) bond motifs is 1. The maximum atomic E-state index is 12.9. The molecule has 3 aromatic rings. The second kappa shape index (κ2) is 31.2. The van der Waals surface area contributed by atoms with Crippen LogP contribution in [0, 0.1) is 29.1 Å². The molecule has 8 rings (SSSR count). The van der Waals surface area contributed by atoms with Crippen molar-refractivity contribution >= 4 is 58.5 Å². The third-order valence-electron chi connectivity index (χ3n) is 16.0. The number of allylic oxidation sites excluding steroid dienone is 3. The molecular formula is C63H85N5O13S. The molecule has 4 N–H and O–H groups in total. The molecule has 3 fully saturated rings. The van der Waals surface area contributed by atoms with Gasteiger partial charge in [0.15, 0.2) is 0 Å². The number of imide groups is 1. The predicted molar refractivity (Wildman–Crippen MR) is 314 cm³/mol. The van der Waals surface area contributed by atoms with Crippen LogP contribution in [0.3, 0.4) is 0 Å². The van der Waals surface area contributed by atoms with Crippen LogP contribution in [0.2, 0.25) is 0 Å². The number of pyridine rings is 1. The van der Waals surface area contributed by atoms with Crippen molar-refractivity contribution in [3.63, 3.8) is 0 Å². The van der Waals surface area contributed by atoms with Crippen molar-refractivity contribution in [2.75, 3.05) is 38.3 Å². The smallest absolute Gasteiger partial charge is 0.326 e. The fraction of sp³-hybridized carbons (Fsp3) is 0.556. The van der Waals surface area contributed by atoms with E-state index in [4.69, 9.17) is 18.9 Å². The third kappa shape index (κ3) is 19.0. The largest absolute Gasteiger partial charge is 0.492 e. The number of aliphatic hydroxyl groups excluding tert-OH is 1. The Hall–Kier alpha value is -6.57. The van der Waals surface area contributed by atoms with Crippen LogP contribution >= 0.6 is 11.8 Å². The lowest BCUT2D eigenvalue weighted by Crippen LogP contribution is -2.53. The molecule has 3 saturated heterocycles. The zero-order chi connectivity index (χ0) is 59.5. The van der Waals surface area contributed by atoms with Crippen molar-refractivity contribution in [3.8, 4) is 5.75 Å². The van der Waals surface area contributed by atoms with Crippen molar-refractivity contribution in [1.82, 2.24) is 20.5 Å². The number of rotatable bonds is 22. The van der Waals surface area contributed by atoms with E-state index in [1.54, 1.807) is 20.0 Å². The van der Waals surface area contributed by atoms with E-state index >= 15 is 0 Å². The first kappa shape index (κ1) is 64.6. The summed E-state index contributed by atoms with van der Waals surface area (Å²) in [7, 11) is 1.97. The van der Waals surface area contributed by atoms with Gasteiger partial charge in [0, 0.05) is 32.1 Å². The Morgan fingerprint density at radius 3 is 2.35 bits per heavy atom. The predicted octanol–water partition coefficient (Wildman–Crippen LogP) is 8.68. The molecule has 4 heterocycles. The maximum absolute atomic E-state index is 12.9. The molecule has 0 spiro atoms. The molecule has 446 valence electrons. The van der Waals surface area contributed by atoms with Crippen LogP contribution < -0.4 is 20.3 Å². The Bertz CT molecular complexity index is 2670. The molecule has 5 aliphatic rings. The number of likely N-dealkylation sites (N-methyl/N-ethyl adjacent to an activating group) is 1. The minimum atomic E-state index is -0.987. The number of aliphatic carboxylic acids is 1. The molecule has 11 atom stereocenters. The van der Waals surface area contributed by atoms with Gasteiger partial charge in [-0.05, 0) is 144 Å². The van der Waals surface area contributed by atoms with E-state index < -0.39 is 41.6 Å². The molecule has 0 bridgehead atoms. The van der Waals surface area contributed by atoms with E-state index in [0.29, 0.717) is 69.4 Å². The number of nitrogens with one attached hydrogen (secondary N) is 2. The SMILES string of the molecule is CCC(C)(C)C(=O)O[C@H]1C[C@@H](C)C=C2C=C[C@H](C)[C@H](CC[C@@H]3C[C@@H](O)CC(=O)O3)[C@H]21.CCOC(=O)[C@H](CCc1ccccc1)N[C@@H](C)C(=O)N1CCC[C@H]1C(=O)O.CN(CCOc1ccc(CC2SC(=O)NC2=O)cc1)c1ccccn1. The van der Waals surface area contributed by atoms with Gasteiger partial charge in [-0.15, -0.1) is 0 Å². The Kier molecular flexibility index (Phi) is 24.6. The molecule has 18 nitrogen and oxygen atoms in total. The number of anilines is 1. The number of carboxylic acid groups (broad SMARTS) is 1. The van der Waals surface area contributed by atoms with Gasteiger partial charge in [-0.1, -0.05) is 99.3 Å². The first-order valence-corrected chi connectivity index (χ1v) is 29.9. The highest BCUT2D eigenvalue weighted by atomic mass is 32.2. The molecule has 19 heteroatoms. The fourth-order valence-electron chi connectivity index (χ4n) is 10.9. The van der Waals surface area contributed by atoms with E-state index in [1.807, 2.05) is 106 Å². The summed E-state index contributed by atoms with van der Waals surface area (Å²) in [6.07, 6.45) is 14.2. The normalized spacial score (nSPS) is 24.6. The van der Waals surface area contributed by atoms with Crippen molar-refractivity contribution in [3.05, 3.63) is 114 Å². The summed E-state index contributed by atoms with van der Waals surface area (Å²) < 4.78 is 22.5. The number of aryl methyl sites for hydroxylation is 1. The first-order valence-electron chi connectivity index (χ1n) is 29.0. The summed E-state index contributed by atoms with van der Waals surface area (Å²) in [5.74, 6) is 0.559. The second-order valence-electron chi connectivity index (χ2n) is 22.7. The highest BCUT2D eigenvalue weighted by Crippen LogP contribution is 2.46. The number of cyclic esters (lactones) is 1. The van der Waals surface area contributed by atoms with Gasteiger partial charge in [0.05, 0.1) is 42.4 Å². The second-order valence-corrected chi connectivity index (χ2v) is 23.9. The van der Waals surface area contributed by atoms with E-state index in [9.17, 15) is 43.8 Å². The Balaban J connectivity index is 0.000000199. The van der Waals surface area contributed by atoms with Gasteiger partial charge >= 0.3 is 23.9 Å². The number of carbonyl (C=O) groups is 7. The molecule has 3 aliphatic heterocycles. The third-order valence-corrected chi connectivity index (χ3v) is 17.0. The number of ether oxygens (including phenoxy) is 4. The minimum absolute atomic E-state index is 0.0949. The lowest BCUT2D eigenvalue weighted by molar-refractivity contribution is -0.166. The summed E-state index contributed by atoms with van der Waals surface area (Å²) >= 11 is 1.05. The number of hydrogen-bond acceptors (Lipinski definition) is 16. The topological polar surface area (TPSA) is 240 Å². The molecule has 1 aromatic heterocycles. The number of carbonyl (C=O) groups excluding carboxylic acids is 6. The number of amides is 3. The number of aliphatic hydroxyl groups is 1. The van der Waals surface area contributed by atoms with Crippen LogP contribution in [0.4, 0.5) is 10.6 Å². The summed E-state index contributed by atoms with van der Waals surface area (Å²) in [5, 5.41) is 23.9. The van der Waals surface area contributed by atoms with Gasteiger partial charge in [-0.2, -0.15) is 0 Å². The van der Waals surface area contributed by atoms with Crippen LogP contribution in [0.5, 0.6) is 5.75 Å². The molecular weight excluding hydrogens is 1070 g/mol. The van der Waals surface area contributed by atoms with Crippen LogP contribution in [0.15, 0.2) is 103 Å². The number of hydrogen-bond donors (Lipinski definition) is 4.